The largest absolute Gasteiger partial charge is 0.508 e. The zero-order chi connectivity index (χ0) is 14.1. The SMILES string of the molecule is Cc1ncsc1-c1ccc(Cn2ccc(O)c2)c(O)c1. The molecule has 3 aromatic rings. The van der Waals surface area contributed by atoms with Gasteiger partial charge in [0.25, 0.3) is 0 Å². The lowest BCUT2D eigenvalue weighted by Crippen LogP contribution is -1.96. The van der Waals surface area contributed by atoms with Gasteiger partial charge in [-0.3, -0.25) is 0 Å². The summed E-state index contributed by atoms with van der Waals surface area (Å²) in [7, 11) is 0. The van der Waals surface area contributed by atoms with Crippen LogP contribution in [0.5, 0.6) is 11.5 Å². The second-order valence-corrected chi connectivity index (χ2v) is 5.51. The molecule has 2 N–H and O–H groups in total. The lowest BCUT2D eigenvalue weighted by atomic mass is 10.1. The summed E-state index contributed by atoms with van der Waals surface area (Å²) < 4.78 is 1.82. The minimum Gasteiger partial charge on any atom is -0.508 e. The van der Waals surface area contributed by atoms with E-state index < -0.39 is 0 Å². The fourth-order valence-electron chi connectivity index (χ4n) is 2.14. The van der Waals surface area contributed by atoms with Crippen LogP contribution < -0.4 is 0 Å². The molecule has 1 aromatic carbocycles. The molecule has 0 saturated heterocycles. The number of nitrogens with zero attached hydrogens (tertiary/aromatic N) is 2. The average Bonchev–Trinajstić information content (AvgIpc) is 3.01. The fourth-order valence-corrected chi connectivity index (χ4v) is 2.94. The van der Waals surface area contributed by atoms with Crippen LogP contribution in [0.25, 0.3) is 10.4 Å². The van der Waals surface area contributed by atoms with Crippen molar-refractivity contribution in [3.8, 4) is 21.9 Å². The first-order chi connectivity index (χ1) is 9.63. The molecule has 0 spiro atoms. The van der Waals surface area contributed by atoms with Crippen molar-refractivity contribution >= 4 is 11.3 Å². The summed E-state index contributed by atoms with van der Waals surface area (Å²) in [6.45, 7) is 2.48. The number of aromatic hydroxyl groups is 2. The van der Waals surface area contributed by atoms with Crippen molar-refractivity contribution in [2.24, 2.45) is 0 Å². The summed E-state index contributed by atoms with van der Waals surface area (Å²) in [6.07, 6.45) is 3.40. The number of aryl methyl sites for hydroxylation is 1. The van der Waals surface area contributed by atoms with Gasteiger partial charge in [-0.15, -0.1) is 11.3 Å². The van der Waals surface area contributed by atoms with Crippen molar-refractivity contribution in [3.05, 3.63) is 53.4 Å². The molecule has 3 rings (SSSR count). The third-order valence-corrected chi connectivity index (χ3v) is 4.16. The van der Waals surface area contributed by atoms with Crippen LogP contribution in [-0.4, -0.2) is 19.8 Å². The van der Waals surface area contributed by atoms with Gasteiger partial charge >= 0.3 is 0 Å². The maximum absolute atomic E-state index is 10.2. The molecular weight excluding hydrogens is 272 g/mol. The molecule has 0 bridgehead atoms. The normalized spacial score (nSPS) is 10.8. The zero-order valence-electron chi connectivity index (χ0n) is 10.9. The fraction of sp³-hybridized carbons (Fsp3) is 0.133. The van der Waals surface area contributed by atoms with E-state index >= 15 is 0 Å². The Bertz CT molecular complexity index is 746. The Labute approximate surface area is 120 Å². The number of benzene rings is 1. The quantitative estimate of drug-likeness (QED) is 0.776. The number of phenolic OH excluding ortho intramolecular Hbond substituents is 1. The molecule has 0 amide bonds. The monoisotopic (exact) mass is 286 g/mol. The van der Waals surface area contributed by atoms with Crippen LogP contribution in [0.4, 0.5) is 0 Å². The van der Waals surface area contributed by atoms with Gasteiger partial charge in [0.15, 0.2) is 0 Å². The molecule has 0 aliphatic heterocycles. The van der Waals surface area contributed by atoms with Gasteiger partial charge in [-0.05, 0) is 24.6 Å². The highest BCUT2D eigenvalue weighted by Crippen LogP contribution is 2.31. The number of aromatic nitrogens is 2. The number of hydrogen-bond acceptors (Lipinski definition) is 4. The highest BCUT2D eigenvalue weighted by atomic mass is 32.1. The predicted octanol–water partition coefficient (Wildman–Crippen LogP) is 3.38. The van der Waals surface area contributed by atoms with Gasteiger partial charge in [-0.2, -0.15) is 0 Å². The van der Waals surface area contributed by atoms with Crippen LogP contribution in [0, 0.1) is 6.92 Å². The van der Waals surface area contributed by atoms with E-state index in [0.29, 0.717) is 6.54 Å². The number of rotatable bonds is 3. The summed E-state index contributed by atoms with van der Waals surface area (Å²) in [6, 6.07) is 7.27. The Balaban J connectivity index is 1.90. The Hall–Kier alpha value is -2.27. The van der Waals surface area contributed by atoms with Crippen molar-refractivity contribution in [3.63, 3.8) is 0 Å². The van der Waals surface area contributed by atoms with E-state index in [1.54, 1.807) is 41.4 Å². The van der Waals surface area contributed by atoms with Crippen LogP contribution >= 0.6 is 11.3 Å². The number of hydrogen-bond donors (Lipinski definition) is 2. The van der Waals surface area contributed by atoms with Crippen molar-refractivity contribution in [1.82, 2.24) is 9.55 Å². The molecule has 0 unspecified atom stereocenters. The van der Waals surface area contributed by atoms with Gasteiger partial charge < -0.3 is 14.8 Å². The van der Waals surface area contributed by atoms with Crippen LogP contribution in [-0.2, 0) is 6.54 Å². The summed E-state index contributed by atoms with van der Waals surface area (Å²) >= 11 is 1.56. The maximum Gasteiger partial charge on any atom is 0.133 e. The molecule has 20 heavy (non-hydrogen) atoms. The Morgan fingerprint density at radius 1 is 1.25 bits per heavy atom. The standard InChI is InChI=1S/C15H14N2O2S/c1-10-15(20-9-16-10)11-2-3-12(14(19)6-11)7-17-5-4-13(18)8-17/h2-6,8-9,18-19H,7H2,1H3. The third kappa shape index (κ3) is 2.40. The summed E-state index contributed by atoms with van der Waals surface area (Å²) in [4.78, 5) is 5.30. The minimum atomic E-state index is 0.224. The van der Waals surface area contributed by atoms with Crippen LogP contribution in [0.2, 0.25) is 0 Å². The Morgan fingerprint density at radius 3 is 2.70 bits per heavy atom. The van der Waals surface area contributed by atoms with Gasteiger partial charge in [-0.1, -0.05) is 12.1 Å². The van der Waals surface area contributed by atoms with E-state index in [1.165, 1.54) is 0 Å². The van der Waals surface area contributed by atoms with Gasteiger partial charge in [0, 0.05) is 18.0 Å². The van der Waals surface area contributed by atoms with E-state index in [1.807, 2.05) is 23.6 Å². The molecule has 0 aliphatic rings. The number of thiazole rings is 1. The third-order valence-electron chi connectivity index (χ3n) is 3.18. The minimum absolute atomic E-state index is 0.224. The van der Waals surface area contributed by atoms with Gasteiger partial charge in [0.2, 0.25) is 0 Å². The van der Waals surface area contributed by atoms with Gasteiger partial charge in [0.1, 0.15) is 11.5 Å². The summed E-state index contributed by atoms with van der Waals surface area (Å²) in [5.41, 5.74) is 4.56. The first-order valence-corrected chi connectivity index (χ1v) is 7.08. The first-order valence-electron chi connectivity index (χ1n) is 6.20. The highest BCUT2D eigenvalue weighted by Gasteiger charge is 2.09. The average molecular weight is 286 g/mol. The van der Waals surface area contributed by atoms with E-state index in [2.05, 4.69) is 4.98 Å². The topological polar surface area (TPSA) is 58.3 Å². The molecule has 102 valence electrons. The summed E-state index contributed by atoms with van der Waals surface area (Å²) in [5, 5.41) is 19.5. The van der Waals surface area contributed by atoms with E-state index in [4.69, 9.17) is 0 Å². The van der Waals surface area contributed by atoms with Crippen LogP contribution in [0.3, 0.4) is 0 Å². The van der Waals surface area contributed by atoms with Gasteiger partial charge in [0.05, 0.1) is 22.6 Å². The molecule has 0 fully saturated rings. The molecule has 0 aliphatic carbocycles. The van der Waals surface area contributed by atoms with E-state index in [-0.39, 0.29) is 11.5 Å². The lowest BCUT2D eigenvalue weighted by molar-refractivity contribution is 0.464. The van der Waals surface area contributed by atoms with Crippen molar-refractivity contribution in [2.45, 2.75) is 13.5 Å². The lowest BCUT2D eigenvalue weighted by Gasteiger charge is -2.08. The number of phenols is 1. The smallest absolute Gasteiger partial charge is 0.133 e. The Kier molecular flexibility index (Phi) is 3.20. The van der Waals surface area contributed by atoms with Crippen LogP contribution in [0.1, 0.15) is 11.3 Å². The van der Waals surface area contributed by atoms with Crippen molar-refractivity contribution in [2.75, 3.05) is 0 Å². The zero-order valence-corrected chi connectivity index (χ0v) is 11.8. The van der Waals surface area contributed by atoms with E-state index in [9.17, 15) is 10.2 Å². The second-order valence-electron chi connectivity index (χ2n) is 4.65. The summed E-state index contributed by atoms with van der Waals surface area (Å²) in [5.74, 6) is 0.477. The maximum atomic E-state index is 10.2. The molecule has 0 saturated carbocycles. The predicted molar refractivity (Wildman–Crippen MR) is 79.2 cm³/mol. The van der Waals surface area contributed by atoms with Gasteiger partial charge in [-0.25, -0.2) is 4.98 Å². The van der Waals surface area contributed by atoms with E-state index in [0.717, 1.165) is 21.7 Å². The van der Waals surface area contributed by atoms with Crippen molar-refractivity contribution < 1.29 is 10.2 Å². The molecular formula is C15H14N2O2S. The molecule has 5 heteroatoms. The van der Waals surface area contributed by atoms with Crippen LogP contribution in [0.15, 0.2) is 42.2 Å². The molecule has 0 radical (unpaired) electrons. The molecule has 4 nitrogen and oxygen atoms in total. The first kappa shape index (κ1) is 12.7. The molecule has 2 aromatic heterocycles. The highest BCUT2D eigenvalue weighted by molar-refractivity contribution is 7.13. The molecule has 2 heterocycles. The van der Waals surface area contributed by atoms with Crippen molar-refractivity contribution in [1.29, 1.82) is 0 Å². The molecule has 0 atom stereocenters. The second kappa shape index (κ2) is 5.02. The Morgan fingerprint density at radius 2 is 2.10 bits per heavy atom.